The lowest BCUT2D eigenvalue weighted by molar-refractivity contribution is -0.221. The molecule has 9 bridgehead atoms. The summed E-state index contributed by atoms with van der Waals surface area (Å²) in [6.07, 6.45) is 28.1. The van der Waals surface area contributed by atoms with Gasteiger partial charge in [0.15, 0.2) is 17.8 Å². The molecule has 4 heterocycles. The van der Waals surface area contributed by atoms with Gasteiger partial charge >= 0.3 is 17.6 Å². The maximum absolute atomic E-state index is 16.3. The number of rotatable bonds is 8. The number of hydrogen-bond donors (Lipinski definition) is 4. The first-order chi connectivity index (χ1) is 45.5. The molecule has 476 valence electrons. The first-order valence-electron chi connectivity index (χ1n) is 34.3. The third-order valence-corrected chi connectivity index (χ3v) is 24.9. The van der Waals surface area contributed by atoms with Crippen molar-refractivity contribution in [3.63, 3.8) is 0 Å². The molecular weight excluding hydrogens is 1160 g/mol. The van der Waals surface area contributed by atoms with Crippen molar-refractivity contribution < 1.29 is 53.4 Å². The van der Waals surface area contributed by atoms with Crippen molar-refractivity contribution in [2.45, 2.75) is 150 Å². The molecule has 1 aromatic heterocycles. The maximum Gasteiger partial charge on any atom is 0.340 e. The number of fused-ring (bicyclic) bond motifs is 9. The van der Waals surface area contributed by atoms with E-state index in [1.807, 2.05) is 6.07 Å². The largest absolute Gasteiger partial charge is 0.482 e. The van der Waals surface area contributed by atoms with E-state index in [0.29, 0.717) is 60.3 Å². The predicted molar refractivity (Wildman–Crippen MR) is 355 cm³/mol. The Balaban J connectivity index is 0.919. The van der Waals surface area contributed by atoms with Crippen LogP contribution in [0, 0.1) is 35.0 Å². The molecule has 12 heteroatoms. The zero-order valence-corrected chi connectivity index (χ0v) is 52.7. The van der Waals surface area contributed by atoms with Gasteiger partial charge < -0.3 is 43.8 Å². The zero-order valence-electron chi connectivity index (χ0n) is 52.7. The zero-order chi connectivity index (χ0) is 63.1. The Kier molecular flexibility index (Phi) is 14.5. The van der Waals surface area contributed by atoms with E-state index in [1.54, 1.807) is 13.0 Å². The van der Waals surface area contributed by atoms with Crippen molar-refractivity contribution in [2.24, 2.45) is 35.0 Å². The lowest BCUT2D eigenvalue weighted by Gasteiger charge is -2.58. The summed E-state index contributed by atoms with van der Waals surface area (Å²) in [5.74, 6) is -1.65. The summed E-state index contributed by atoms with van der Waals surface area (Å²) in [6.45, 7) is -0.282. The van der Waals surface area contributed by atoms with Crippen LogP contribution in [0.25, 0.3) is 34.8 Å². The molecule has 4 N–H and O–H groups in total. The fraction of sp³-hybridized carbons (Fsp3) is 0.420. The third-order valence-electron chi connectivity index (χ3n) is 24.9. The average Bonchev–Trinajstić information content (AvgIpc) is 1.68. The maximum atomic E-state index is 16.3. The molecule has 14 atom stereocenters. The lowest BCUT2D eigenvalue weighted by Crippen LogP contribution is -2.65. The van der Waals surface area contributed by atoms with Crippen LogP contribution in [-0.2, 0) is 48.7 Å². The Bertz CT molecular complexity index is 4370. The minimum Gasteiger partial charge on any atom is -0.482 e. The summed E-state index contributed by atoms with van der Waals surface area (Å²) in [4.78, 5) is 47.3. The van der Waals surface area contributed by atoms with Crippen LogP contribution in [0.15, 0.2) is 148 Å². The standard InChI is InChI=1S/C81H80O12/c1-45(41-83)57-24-20-48-35-51-17-18-52-37-56-12-6-11-55-23-19-47-10-3-5-15-65(47)81(55,56)67-16-7-14-60(71(52)67)50-21-25-59-54(36-50)39-70(86)90-75-73-68(28-26-61-64(42-84)72(78(88)91-74(61)73)53(30-34-82)43-89-44-85)93-80(76(75)92-77(57)87)32-8-31-79(33-29-49(48)38-62(51)59)66-27-22-46-9-2-4-13-58(46)63(66)40-69(79)80/h2-5,7,9-10,13-19,21-23,25-28,35,37-38,50,53-56,59,63,66,69,75-76,82-85H,6,8,11-12,20,24,29-34,36,39-44H2,1H3/b18-17+,57-45-/t50-,53+,54+,55+,56-,59+,63+,66-,69+,75+,76-,79+,80-,81+/m0/s1. The van der Waals surface area contributed by atoms with Crippen molar-refractivity contribution in [3.05, 3.63) is 227 Å². The molecule has 93 heavy (non-hydrogen) atoms. The Morgan fingerprint density at radius 1 is 0.731 bits per heavy atom. The van der Waals surface area contributed by atoms with Gasteiger partial charge in [-0.1, -0.05) is 140 Å². The summed E-state index contributed by atoms with van der Waals surface area (Å²) in [6, 6.07) is 33.2. The lowest BCUT2D eigenvalue weighted by atomic mass is 9.48. The van der Waals surface area contributed by atoms with E-state index in [0.717, 1.165) is 55.2 Å². The van der Waals surface area contributed by atoms with Crippen molar-refractivity contribution in [3.8, 4) is 5.75 Å². The van der Waals surface area contributed by atoms with Crippen LogP contribution in [0.3, 0.4) is 0 Å². The number of aliphatic hydroxyl groups excluding tert-OH is 4. The summed E-state index contributed by atoms with van der Waals surface area (Å²) in [5, 5.41) is 43.0. The van der Waals surface area contributed by atoms with Gasteiger partial charge in [0, 0.05) is 58.6 Å². The van der Waals surface area contributed by atoms with Crippen LogP contribution in [-0.4, -0.2) is 70.7 Å². The summed E-state index contributed by atoms with van der Waals surface area (Å²) < 4.78 is 34.6. The van der Waals surface area contributed by atoms with E-state index in [9.17, 15) is 25.2 Å². The van der Waals surface area contributed by atoms with E-state index >= 15 is 9.59 Å². The van der Waals surface area contributed by atoms with Gasteiger partial charge in [0.1, 0.15) is 18.1 Å². The summed E-state index contributed by atoms with van der Waals surface area (Å²) in [5.41, 5.74) is 13.4. The second-order valence-electron chi connectivity index (χ2n) is 28.9. The first-order valence-corrected chi connectivity index (χ1v) is 34.3. The van der Waals surface area contributed by atoms with E-state index in [2.05, 4.69) is 134 Å². The van der Waals surface area contributed by atoms with E-state index < -0.39 is 60.1 Å². The molecular formula is C81H80O12. The Labute approximate surface area is 542 Å². The highest BCUT2D eigenvalue weighted by molar-refractivity contribution is 5.91. The van der Waals surface area contributed by atoms with Gasteiger partial charge in [-0.05, 0) is 209 Å². The predicted octanol–water partition coefficient (Wildman–Crippen LogP) is 13.8. The molecule has 3 aliphatic heterocycles. The SMILES string of the molecule is C/C(CO)=C1\CCc2cc3c4cc2CC[C@@]25CCC[C@]6(Oc7ccc8c(CO)c([C@H](CCO)COCO)c(=O)oc8c7[C@@H](OC(=O)C[C@H]7C[C@H](C=C[C@@H]47)c4cccc7c4C(=C[C@@H]4CCC[C@@H]8C=Cc9ccccc9[C@]748)/C=C/3)[C@@H]6OC1=O)[C@@H]2C[C@@H]1c2ccccc2C=C[C@@H]15. The topological polar surface area (TPSA) is 182 Å². The summed E-state index contributed by atoms with van der Waals surface area (Å²) in [7, 11) is 0. The van der Waals surface area contributed by atoms with Crippen LogP contribution in [0.4, 0.5) is 0 Å². The molecule has 3 fully saturated rings. The number of aryl methyl sites for hydroxylation is 2. The van der Waals surface area contributed by atoms with Crippen LogP contribution < -0.4 is 10.4 Å². The molecule has 12 aliphatic rings. The quantitative estimate of drug-likeness (QED) is 0.0373. The average molecular weight is 1250 g/mol. The molecule has 0 unspecified atom stereocenters. The normalized spacial score (nSPS) is 32.5. The minimum atomic E-state index is -1.40. The van der Waals surface area contributed by atoms with Crippen LogP contribution in [0.2, 0.25) is 0 Å². The van der Waals surface area contributed by atoms with Crippen LogP contribution in [0.1, 0.15) is 192 Å². The number of hydrogen-bond acceptors (Lipinski definition) is 12. The van der Waals surface area contributed by atoms with Gasteiger partial charge in [-0.3, -0.25) is 4.79 Å². The molecule has 0 radical (unpaired) electrons. The van der Waals surface area contributed by atoms with Gasteiger partial charge in [-0.2, -0.15) is 0 Å². The Morgan fingerprint density at radius 3 is 2.41 bits per heavy atom. The summed E-state index contributed by atoms with van der Waals surface area (Å²) >= 11 is 0. The number of allylic oxidation sites excluding steroid dienone is 7. The molecule has 5 aromatic carbocycles. The number of benzene rings is 5. The number of aliphatic hydroxyl groups is 4. The molecule has 0 saturated heterocycles. The molecule has 6 aromatic rings. The van der Waals surface area contributed by atoms with Gasteiger partial charge in [0.2, 0.25) is 0 Å². The third kappa shape index (κ3) is 8.83. The Hall–Kier alpha value is -7.71. The van der Waals surface area contributed by atoms with E-state index in [4.69, 9.17) is 23.4 Å². The number of esters is 2. The fourth-order valence-corrected chi connectivity index (χ4v) is 21.1. The smallest absolute Gasteiger partial charge is 0.340 e. The highest BCUT2D eigenvalue weighted by Crippen LogP contribution is 2.71. The fourth-order valence-electron chi connectivity index (χ4n) is 21.1. The Morgan fingerprint density at radius 2 is 1.55 bits per heavy atom. The molecule has 18 rings (SSSR count). The van der Waals surface area contributed by atoms with E-state index in [-0.39, 0.29) is 108 Å². The highest BCUT2D eigenvalue weighted by atomic mass is 16.6. The van der Waals surface area contributed by atoms with Gasteiger partial charge in [0.25, 0.3) is 0 Å². The minimum absolute atomic E-state index is 0.00159. The monoisotopic (exact) mass is 1240 g/mol. The van der Waals surface area contributed by atoms with Crippen molar-refractivity contribution >= 4 is 46.7 Å². The van der Waals surface area contributed by atoms with Crippen molar-refractivity contribution in [2.75, 3.05) is 26.6 Å². The van der Waals surface area contributed by atoms with Gasteiger partial charge in [-0.15, -0.1) is 0 Å². The second kappa shape index (κ2) is 22.8. The molecule has 3 saturated carbocycles. The second-order valence-corrected chi connectivity index (χ2v) is 28.9. The van der Waals surface area contributed by atoms with Gasteiger partial charge in [0.05, 0.1) is 25.4 Å². The highest BCUT2D eigenvalue weighted by Gasteiger charge is 2.70. The number of carbonyl (C=O) groups excluding carboxylic acids is 2. The van der Waals surface area contributed by atoms with Crippen LogP contribution in [0.5, 0.6) is 5.75 Å². The number of ether oxygens (including phenoxy) is 4. The van der Waals surface area contributed by atoms with E-state index in [1.165, 1.54) is 50.1 Å². The molecule has 9 aliphatic carbocycles. The first kappa shape index (κ1) is 59.1. The molecule has 12 nitrogen and oxygen atoms in total. The van der Waals surface area contributed by atoms with Gasteiger partial charge in [-0.25, -0.2) is 9.59 Å². The molecule has 2 spiro atoms. The van der Waals surface area contributed by atoms with Crippen molar-refractivity contribution in [1.29, 1.82) is 0 Å². The van der Waals surface area contributed by atoms with Crippen molar-refractivity contribution in [1.82, 2.24) is 0 Å². The molecule has 0 amide bonds. The van der Waals surface area contributed by atoms with Crippen LogP contribution >= 0.6 is 0 Å². The number of carbonyl (C=O) groups is 2.